The van der Waals surface area contributed by atoms with Crippen LogP contribution >= 0.6 is 15.9 Å². The summed E-state index contributed by atoms with van der Waals surface area (Å²) in [5.74, 6) is 1.37. The molecule has 0 saturated carbocycles. The van der Waals surface area contributed by atoms with Gasteiger partial charge in [0.1, 0.15) is 5.65 Å². The van der Waals surface area contributed by atoms with E-state index < -0.39 is 0 Å². The minimum Gasteiger partial charge on any atom is -0.477 e. The van der Waals surface area contributed by atoms with Gasteiger partial charge in [0.05, 0.1) is 47.3 Å². The molecule has 4 heterocycles. The van der Waals surface area contributed by atoms with Crippen molar-refractivity contribution in [3.05, 3.63) is 74.9 Å². The molecular weight excluding hydrogens is 498 g/mol. The van der Waals surface area contributed by atoms with Crippen LogP contribution in [0, 0.1) is 12.8 Å². The smallest absolute Gasteiger partial charge is 0.262 e. The molecule has 0 spiro atoms. The lowest BCUT2D eigenvalue weighted by Gasteiger charge is -2.14. The monoisotopic (exact) mass is 519 g/mol. The molecular formula is C25H22BrN5O3. The molecule has 1 atom stereocenters. The van der Waals surface area contributed by atoms with Gasteiger partial charge in [-0.25, -0.2) is 9.50 Å². The average molecular weight is 520 g/mol. The predicted molar refractivity (Wildman–Crippen MR) is 132 cm³/mol. The number of aromatic nitrogens is 5. The van der Waals surface area contributed by atoms with Crippen LogP contribution in [0.4, 0.5) is 0 Å². The van der Waals surface area contributed by atoms with Crippen molar-refractivity contribution in [1.29, 1.82) is 0 Å². The van der Waals surface area contributed by atoms with E-state index in [1.165, 1.54) is 0 Å². The predicted octanol–water partition coefficient (Wildman–Crippen LogP) is 4.13. The number of benzene rings is 2. The summed E-state index contributed by atoms with van der Waals surface area (Å²) < 4.78 is 16.1. The van der Waals surface area contributed by atoms with Crippen molar-refractivity contribution in [2.45, 2.75) is 19.9 Å². The SMILES string of the molecule is Cc1cc2n(Cc3nc(OCC4CCOC4)c4cc(Br)ccc4n3)c(=O)c3ccccc3n2n1. The molecule has 1 unspecified atom stereocenters. The highest BCUT2D eigenvalue weighted by molar-refractivity contribution is 9.10. The van der Waals surface area contributed by atoms with Crippen LogP contribution in [0.5, 0.6) is 5.88 Å². The number of ether oxygens (including phenoxy) is 2. The Bertz CT molecular complexity index is 1600. The van der Waals surface area contributed by atoms with Gasteiger partial charge in [0.2, 0.25) is 5.88 Å². The van der Waals surface area contributed by atoms with Gasteiger partial charge in [-0.15, -0.1) is 0 Å². The lowest BCUT2D eigenvalue weighted by atomic mass is 10.1. The molecule has 9 heteroatoms. The zero-order valence-corrected chi connectivity index (χ0v) is 20.2. The molecule has 0 amide bonds. The summed E-state index contributed by atoms with van der Waals surface area (Å²) in [5, 5.41) is 6.03. The van der Waals surface area contributed by atoms with E-state index in [4.69, 9.17) is 19.4 Å². The van der Waals surface area contributed by atoms with Crippen molar-refractivity contribution in [2.24, 2.45) is 5.92 Å². The van der Waals surface area contributed by atoms with Crippen molar-refractivity contribution in [3.8, 4) is 5.88 Å². The number of nitrogens with zero attached hydrogens (tertiary/aromatic N) is 5. The van der Waals surface area contributed by atoms with E-state index >= 15 is 0 Å². The van der Waals surface area contributed by atoms with Gasteiger partial charge in [0.25, 0.3) is 5.56 Å². The molecule has 0 N–H and O–H groups in total. The van der Waals surface area contributed by atoms with Crippen LogP contribution in [-0.2, 0) is 11.3 Å². The Hall–Kier alpha value is -3.30. The highest BCUT2D eigenvalue weighted by Crippen LogP contribution is 2.27. The van der Waals surface area contributed by atoms with Gasteiger partial charge in [-0.2, -0.15) is 10.1 Å². The van der Waals surface area contributed by atoms with Crippen molar-refractivity contribution in [3.63, 3.8) is 0 Å². The first kappa shape index (κ1) is 21.2. The van der Waals surface area contributed by atoms with E-state index in [0.717, 1.165) is 39.6 Å². The number of hydrogen-bond acceptors (Lipinski definition) is 6. The third-order valence-corrected chi connectivity index (χ3v) is 6.64. The van der Waals surface area contributed by atoms with Crippen LogP contribution in [0.3, 0.4) is 0 Å². The van der Waals surface area contributed by atoms with Gasteiger partial charge >= 0.3 is 0 Å². The Morgan fingerprint density at radius 2 is 2.03 bits per heavy atom. The molecule has 8 nitrogen and oxygen atoms in total. The Morgan fingerprint density at radius 1 is 1.15 bits per heavy atom. The Morgan fingerprint density at radius 3 is 2.88 bits per heavy atom. The first-order valence-corrected chi connectivity index (χ1v) is 12.0. The second-order valence-electron chi connectivity index (χ2n) is 8.61. The number of para-hydroxylation sites is 1. The minimum atomic E-state index is -0.104. The van der Waals surface area contributed by atoms with E-state index in [2.05, 4.69) is 21.0 Å². The fraction of sp³-hybridized carbons (Fsp3) is 0.280. The molecule has 1 aliphatic heterocycles. The fourth-order valence-corrected chi connectivity index (χ4v) is 4.81. The highest BCUT2D eigenvalue weighted by atomic mass is 79.9. The Kier molecular flexibility index (Phi) is 5.30. The second-order valence-corrected chi connectivity index (χ2v) is 9.53. The average Bonchev–Trinajstić information content (AvgIpc) is 3.50. The zero-order valence-electron chi connectivity index (χ0n) is 18.6. The number of halogens is 1. The normalized spacial score (nSPS) is 16.1. The molecule has 0 bridgehead atoms. The van der Waals surface area contributed by atoms with Crippen molar-refractivity contribution < 1.29 is 9.47 Å². The number of aryl methyl sites for hydroxylation is 1. The van der Waals surface area contributed by atoms with Gasteiger partial charge in [-0.05, 0) is 43.7 Å². The second kappa shape index (κ2) is 8.48. The molecule has 6 rings (SSSR count). The molecule has 1 saturated heterocycles. The standard InChI is InChI=1S/C25H22BrN5O3/c1-15-10-23-30(25(32)18-4-2-3-5-21(18)31(23)29-15)12-22-27-20-7-6-17(26)11-19(20)24(28-22)34-14-16-8-9-33-13-16/h2-7,10-11,16H,8-9,12-14H2,1H3. The van der Waals surface area contributed by atoms with E-state index in [1.807, 2.05) is 60.0 Å². The highest BCUT2D eigenvalue weighted by Gasteiger charge is 2.19. The molecule has 34 heavy (non-hydrogen) atoms. The summed E-state index contributed by atoms with van der Waals surface area (Å²) in [6.07, 6.45) is 0.977. The van der Waals surface area contributed by atoms with E-state index in [1.54, 1.807) is 4.57 Å². The van der Waals surface area contributed by atoms with Gasteiger partial charge in [0.15, 0.2) is 5.82 Å². The molecule has 1 aliphatic rings. The van der Waals surface area contributed by atoms with Crippen LogP contribution in [0.1, 0.15) is 17.9 Å². The first-order chi connectivity index (χ1) is 16.6. The quantitative estimate of drug-likeness (QED) is 0.347. The fourth-order valence-electron chi connectivity index (χ4n) is 4.45. The summed E-state index contributed by atoms with van der Waals surface area (Å²) in [7, 11) is 0. The van der Waals surface area contributed by atoms with Gasteiger partial charge < -0.3 is 9.47 Å². The Balaban J connectivity index is 1.47. The summed E-state index contributed by atoms with van der Waals surface area (Å²) in [6.45, 7) is 4.11. The molecule has 5 aromatic rings. The van der Waals surface area contributed by atoms with E-state index in [-0.39, 0.29) is 12.1 Å². The van der Waals surface area contributed by atoms with Crippen molar-refractivity contribution in [2.75, 3.05) is 19.8 Å². The molecule has 172 valence electrons. The zero-order chi connectivity index (χ0) is 23.2. The maximum atomic E-state index is 13.5. The Labute approximate surface area is 203 Å². The lowest BCUT2D eigenvalue weighted by Crippen LogP contribution is -2.24. The summed E-state index contributed by atoms with van der Waals surface area (Å²) in [4.78, 5) is 23.0. The minimum absolute atomic E-state index is 0.104. The number of fused-ring (bicyclic) bond motifs is 4. The van der Waals surface area contributed by atoms with Crippen molar-refractivity contribution >= 4 is 43.4 Å². The molecule has 0 aliphatic carbocycles. The maximum Gasteiger partial charge on any atom is 0.262 e. The van der Waals surface area contributed by atoms with Crippen LogP contribution < -0.4 is 10.3 Å². The summed E-state index contributed by atoms with van der Waals surface area (Å²) in [6, 6.07) is 15.2. The molecule has 3 aromatic heterocycles. The van der Waals surface area contributed by atoms with Crippen LogP contribution in [0.15, 0.2) is 57.8 Å². The van der Waals surface area contributed by atoms with Gasteiger partial charge in [-0.3, -0.25) is 9.36 Å². The number of rotatable bonds is 5. The third kappa shape index (κ3) is 3.74. The third-order valence-electron chi connectivity index (χ3n) is 6.15. The van der Waals surface area contributed by atoms with Gasteiger partial charge in [-0.1, -0.05) is 28.1 Å². The van der Waals surface area contributed by atoms with Crippen LogP contribution in [0.25, 0.3) is 27.5 Å². The first-order valence-electron chi connectivity index (χ1n) is 11.2. The van der Waals surface area contributed by atoms with Gasteiger partial charge in [0, 0.05) is 23.1 Å². The topological polar surface area (TPSA) is 83.5 Å². The molecule has 1 fully saturated rings. The summed E-state index contributed by atoms with van der Waals surface area (Å²) in [5.41, 5.74) is 2.97. The van der Waals surface area contributed by atoms with Crippen LogP contribution in [0.2, 0.25) is 0 Å². The molecule has 0 radical (unpaired) electrons. The van der Waals surface area contributed by atoms with E-state index in [0.29, 0.717) is 41.9 Å². The summed E-state index contributed by atoms with van der Waals surface area (Å²) >= 11 is 3.53. The molecule has 2 aromatic carbocycles. The largest absolute Gasteiger partial charge is 0.477 e. The van der Waals surface area contributed by atoms with Crippen LogP contribution in [-0.4, -0.2) is 44.0 Å². The van der Waals surface area contributed by atoms with E-state index in [9.17, 15) is 4.79 Å². The lowest BCUT2D eigenvalue weighted by molar-refractivity contribution is 0.166. The van der Waals surface area contributed by atoms with Crippen molar-refractivity contribution in [1.82, 2.24) is 24.1 Å². The maximum absolute atomic E-state index is 13.5. The number of hydrogen-bond donors (Lipinski definition) is 0.